The number of para-hydroxylation sites is 1. The lowest BCUT2D eigenvalue weighted by Gasteiger charge is -2.27. The van der Waals surface area contributed by atoms with Crippen LogP contribution in [0.5, 0.6) is 0 Å². The number of pyridine rings is 2. The molecule has 0 saturated carbocycles. The molecule has 1 aliphatic carbocycles. The monoisotopic (exact) mass is 905 g/mol. The second-order valence-corrected chi connectivity index (χ2v) is 16.8. The van der Waals surface area contributed by atoms with Crippen LogP contribution in [0.1, 0.15) is 67.6 Å². The number of allylic oxidation sites excluding steroid dienone is 2. The molecule has 0 bridgehead atoms. The lowest BCUT2D eigenvalue weighted by molar-refractivity contribution is -0.125. The van der Waals surface area contributed by atoms with Crippen molar-refractivity contribution in [3.05, 3.63) is 131 Å². The van der Waals surface area contributed by atoms with Gasteiger partial charge in [-0.1, -0.05) is 67.3 Å². The number of hydrogen-bond donors (Lipinski definition) is 3. The number of ether oxygens (including phenoxy) is 3. The number of benzene rings is 1. The number of carbonyl (C=O) groups excluding carboxylic acids is 2. The van der Waals surface area contributed by atoms with Crippen LogP contribution in [0.3, 0.4) is 0 Å². The number of amides is 2. The Hall–Kier alpha value is -5.11. The number of hydrogen-bond acceptors (Lipinski definition) is 12. The zero-order valence-corrected chi connectivity index (χ0v) is 38.7. The van der Waals surface area contributed by atoms with Gasteiger partial charge in [0.2, 0.25) is 11.8 Å². The van der Waals surface area contributed by atoms with E-state index in [0.29, 0.717) is 90.3 Å². The van der Waals surface area contributed by atoms with Crippen molar-refractivity contribution in [2.45, 2.75) is 58.0 Å². The van der Waals surface area contributed by atoms with Crippen LogP contribution >= 0.6 is 11.8 Å². The van der Waals surface area contributed by atoms with Crippen LogP contribution in [-0.2, 0) is 36.9 Å². The van der Waals surface area contributed by atoms with Crippen molar-refractivity contribution in [2.24, 2.45) is 5.73 Å². The maximum Gasteiger partial charge on any atom is 0.227 e. The topological polar surface area (TPSA) is 156 Å². The summed E-state index contributed by atoms with van der Waals surface area (Å²) >= 11 is 1.77. The van der Waals surface area contributed by atoms with Crippen molar-refractivity contribution in [3.63, 3.8) is 0 Å². The molecule has 13 nitrogen and oxygen atoms in total. The number of nitrogens with two attached hydrogens (primary N) is 1. The third-order valence-corrected chi connectivity index (χ3v) is 11.7. The molecule has 1 aliphatic heterocycles. The molecule has 3 heterocycles. The fraction of sp³-hybridized carbons (Fsp3) is 0.451. The molecule has 2 aliphatic rings. The summed E-state index contributed by atoms with van der Waals surface area (Å²) in [5.41, 5.74) is 12.6. The van der Waals surface area contributed by atoms with Gasteiger partial charge in [-0.25, -0.2) is 4.98 Å². The molecule has 0 fully saturated rings. The van der Waals surface area contributed by atoms with Crippen LogP contribution < -0.4 is 16.0 Å². The number of fused-ring (bicyclic) bond motifs is 1. The molecular weight excluding hydrogens is 839 g/mol. The summed E-state index contributed by atoms with van der Waals surface area (Å²) in [5, 5.41) is 14.6. The van der Waals surface area contributed by atoms with Gasteiger partial charge in [0, 0.05) is 76.0 Å². The number of nitrogens with one attached hydrogen (secondary N) is 1. The predicted octanol–water partition coefficient (Wildman–Crippen LogP) is 6.11. The van der Waals surface area contributed by atoms with Gasteiger partial charge in [0.25, 0.3) is 0 Å². The molecule has 0 radical (unpaired) electrons. The number of carbonyl (C=O) groups is 2. The normalized spacial score (nSPS) is 13.4. The van der Waals surface area contributed by atoms with Gasteiger partial charge in [0.1, 0.15) is 0 Å². The summed E-state index contributed by atoms with van der Waals surface area (Å²) in [6.45, 7) is 12.0. The molecule has 0 atom stereocenters. The maximum absolute atomic E-state index is 13.4. The van der Waals surface area contributed by atoms with Crippen molar-refractivity contribution >= 4 is 35.0 Å². The highest BCUT2D eigenvalue weighted by Crippen LogP contribution is 2.28. The van der Waals surface area contributed by atoms with E-state index in [-0.39, 0.29) is 31.3 Å². The Morgan fingerprint density at radius 1 is 0.877 bits per heavy atom. The number of thioether (sulfide) groups is 1. The van der Waals surface area contributed by atoms with E-state index >= 15 is 0 Å². The molecule has 4 N–H and O–H groups in total. The van der Waals surface area contributed by atoms with Crippen LogP contribution in [0.4, 0.5) is 5.69 Å². The number of rotatable bonds is 31. The minimum absolute atomic E-state index is 0.0502. The van der Waals surface area contributed by atoms with E-state index in [1.807, 2.05) is 66.9 Å². The van der Waals surface area contributed by atoms with Gasteiger partial charge in [-0.15, -0.1) is 11.8 Å². The number of aromatic nitrogens is 2. The first kappa shape index (κ1) is 50.9. The molecule has 65 heavy (non-hydrogen) atoms. The Bertz CT molecular complexity index is 2080. The van der Waals surface area contributed by atoms with Crippen molar-refractivity contribution in [1.82, 2.24) is 25.1 Å². The van der Waals surface area contributed by atoms with Crippen LogP contribution in [0.2, 0.25) is 0 Å². The van der Waals surface area contributed by atoms with E-state index in [2.05, 4.69) is 67.1 Å². The maximum atomic E-state index is 13.4. The molecule has 0 spiro atoms. The van der Waals surface area contributed by atoms with Crippen molar-refractivity contribution in [3.8, 4) is 11.8 Å². The molecule has 2 amide bonds. The van der Waals surface area contributed by atoms with Crippen LogP contribution in [0.15, 0.2) is 108 Å². The number of anilines is 1. The van der Waals surface area contributed by atoms with Gasteiger partial charge in [-0.05, 0) is 78.8 Å². The van der Waals surface area contributed by atoms with Gasteiger partial charge in [-0.2, -0.15) is 0 Å². The molecular formula is C51H67N7O6S. The van der Waals surface area contributed by atoms with Crippen LogP contribution in [0.25, 0.3) is 5.70 Å². The fourth-order valence-corrected chi connectivity index (χ4v) is 7.93. The average molecular weight is 906 g/mol. The summed E-state index contributed by atoms with van der Waals surface area (Å²) < 4.78 is 17.7. The summed E-state index contributed by atoms with van der Waals surface area (Å²) in [6, 6.07) is 19.4. The van der Waals surface area contributed by atoms with E-state index in [4.69, 9.17) is 19.9 Å². The lowest BCUT2D eigenvalue weighted by Crippen LogP contribution is -2.35. The largest absolute Gasteiger partial charge is 0.397 e. The molecule has 5 rings (SSSR count). The van der Waals surface area contributed by atoms with E-state index < -0.39 is 0 Å². The first-order valence-electron chi connectivity index (χ1n) is 22.8. The summed E-state index contributed by atoms with van der Waals surface area (Å²) in [4.78, 5) is 41.3. The van der Waals surface area contributed by atoms with E-state index in [0.717, 1.165) is 84.7 Å². The van der Waals surface area contributed by atoms with Gasteiger partial charge in [0.15, 0.2) is 0 Å². The second kappa shape index (κ2) is 30.2. The molecule has 14 heteroatoms. The molecule has 2 aromatic heterocycles. The van der Waals surface area contributed by atoms with Gasteiger partial charge in [-0.3, -0.25) is 24.4 Å². The highest BCUT2D eigenvalue weighted by atomic mass is 32.2. The van der Waals surface area contributed by atoms with E-state index in [9.17, 15) is 14.7 Å². The Kier molecular flexibility index (Phi) is 23.6. The summed E-state index contributed by atoms with van der Waals surface area (Å²) in [7, 11) is 0. The first-order chi connectivity index (χ1) is 31.9. The second-order valence-electron chi connectivity index (χ2n) is 15.8. The fourth-order valence-electron chi connectivity index (χ4n) is 7.21. The quantitative estimate of drug-likeness (QED) is 0.0504. The minimum atomic E-state index is -0.0917. The first-order valence-corrected chi connectivity index (χ1v) is 23.9. The summed E-state index contributed by atoms with van der Waals surface area (Å²) in [5.74, 6) is 7.43. The van der Waals surface area contributed by atoms with Gasteiger partial charge < -0.3 is 35.3 Å². The zero-order valence-electron chi connectivity index (χ0n) is 37.8. The number of aliphatic hydroxyl groups excluding tert-OH is 1. The smallest absolute Gasteiger partial charge is 0.227 e. The van der Waals surface area contributed by atoms with E-state index in [1.54, 1.807) is 16.7 Å². The summed E-state index contributed by atoms with van der Waals surface area (Å²) in [6.07, 6.45) is 13.2. The third-order valence-electron chi connectivity index (χ3n) is 10.8. The minimum Gasteiger partial charge on any atom is -0.397 e. The molecule has 348 valence electrons. The lowest BCUT2D eigenvalue weighted by atomic mass is 9.95. The van der Waals surface area contributed by atoms with Crippen molar-refractivity contribution in [2.75, 3.05) is 96.2 Å². The van der Waals surface area contributed by atoms with Crippen molar-refractivity contribution in [1.29, 1.82) is 0 Å². The molecule has 1 aromatic carbocycles. The van der Waals surface area contributed by atoms with E-state index in [1.165, 1.54) is 0 Å². The Morgan fingerprint density at radius 2 is 1.63 bits per heavy atom. The Morgan fingerprint density at radius 3 is 2.42 bits per heavy atom. The van der Waals surface area contributed by atoms with Gasteiger partial charge >= 0.3 is 0 Å². The SMILES string of the molecule is C=C(N)c1cccc(CN(CCO)CCOCCOCCN(CCOC/C=C\SCCCCCNC(=O)CCC(=O)N2CC3=C(C#Cc4ccccc42)CCC=C3)Cc2ccccn2)n1. The highest BCUT2D eigenvalue weighted by molar-refractivity contribution is 8.02. The Labute approximate surface area is 390 Å². The zero-order chi connectivity index (χ0) is 45.7. The number of unbranched alkanes of at least 4 members (excludes halogenated alkanes) is 2. The molecule has 0 saturated heterocycles. The number of aliphatic hydroxyl groups is 1. The van der Waals surface area contributed by atoms with Crippen molar-refractivity contribution < 1.29 is 28.9 Å². The van der Waals surface area contributed by atoms with Gasteiger partial charge in [0.05, 0.1) is 81.3 Å². The average Bonchev–Trinajstić information content (AvgIpc) is 3.31. The highest BCUT2D eigenvalue weighted by Gasteiger charge is 2.23. The van der Waals surface area contributed by atoms with Crippen LogP contribution in [-0.4, -0.2) is 128 Å². The standard InChI is InChI=1S/C51H67N7O6S/c1-42(52)48-18-11-17-47(55-48)41-56(26-30-59)27-33-63-35-36-64-34-29-57(40-46-16-7-9-24-53-46)28-32-62-31-12-38-65-37-10-2-8-25-54-50(60)22-23-51(61)58-39-45-15-4-3-13-43(45)20-21-44-14-5-6-19-49(44)58/h4-7,9,11-12,14-19,24,38,59H,1-3,8,10,13,22-23,25-37,39-41,52H2,(H,54,60)/b38-12-. The molecule has 3 aromatic rings. The van der Waals surface area contributed by atoms with Crippen LogP contribution in [0, 0.1) is 11.8 Å². The third kappa shape index (κ3) is 19.5. The Balaban J connectivity index is 0.873. The number of nitrogens with zero attached hydrogens (tertiary/aromatic N) is 5. The molecule has 0 unspecified atom stereocenters. The predicted molar refractivity (Wildman–Crippen MR) is 261 cm³/mol.